The van der Waals surface area contributed by atoms with Crippen LogP contribution in [0.4, 0.5) is 0 Å². The maximum atomic E-state index is 5.91. The molecule has 14 heavy (non-hydrogen) atoms. The lowest BCUT2D eigenvalue weighted by atomic mass is 10.5. The standard InChI is InChI=1S/C7H7ClN4S.ClH/c1-12-3-9-4-5(8)10-7(13-2)11-6(4)12;/h3H,1-2H3;1H. The van der Waals surface area contributed by atoms with Crippen LogP contribution in [0.25, 0.3) is 11.2 Å². The van der Waals surface area contributed by atoms with Crippen LogP contribution < -0.4 is 0 Å². The fourth-order valence-electron chi connectivity index (χ4n) is 1.04. The first-order valence-electron chi connectivity index (χ1n) is 3.61. The number of imidazole rings is 1. The second kappa shape index (κ2) is 4.33. The molecule has 0 spiro atoms. The molecule has 0 aliphatic rings. The van der Waals surface area contributed by atoms with Gasteiger partial charge in [0.25, 0.3) is 0 Å². The average Bonchev–Trinajstić information content (AvgIpc) is 2.48. The summed E-state index contributed by atoms with van der Waals surface area (Å²) in [7, 11) is 1.88. The largest absolute Gasteiger partial charge is 0.318 e. The number of aromatic nitrogens is 4. The van der Waals surface area contributed by atoms with Crippen LogP contribution in [0.5, 0.6) is 0 Å². The van der Waals surface area contributed by atoms with Crippen LogP contribution in [0.2, 0.25) is 5.15 Å². The van der Waals surface area contributed by atoms with Gasteiger partial charge in [0.15, 0.2) is 16.0 Å². The van der Waals surface area contributed by atoms with Crippen molar-refractivity contribution in [3.63, 3.8) is 0 Å². The predicted molar refractivity (Wildman–Crippen MR) is 60.3 cm³/mol. The van der Waals surface area contributed by atoms with Crippen molar-refractivity contribution in [1.29, 1.82) is 0 Å². The zero-order valence-corrected chi connectivity index (χ0v) is 9.95. The van der Waals surface area contributed by atoms with E-state index in [0.717, 1.165) is 5.65 Å². The van der Waals surface area contributed by atoms with Crippen molar-refractivity contribution in [2.24, 2.45) is 7.05 Å². The van der Waals surface area contributed by atoms with E-state index in [4.69, 9.17) is 11.6 Å². The van der Waals surface area contributed by atoms with Gasteiger partial charge in [0.05, 0.1) is 6.33 Å². The highest BCUT2D eigenvalue weighted by Crippen LogP contribution is 2.21. The number of fused-ring (bicyclic) bond motifs is 1. The molecule has 0 aliphatic carbocycles. The molecule has 0 amide bonds. The number of rotatable bonds is 1. The number of nitrogens with zero attached hydrogens (tertiary/aromatic N) is 4. The van der Waals surface area contributed by atoms with E-state index in [0.29, 0.717) is 15.8 Å². The van der Waals surface area contributed by atoms with E-state index < -0.39 is 0 Å². The van der Waals surface area contributed by atoms with E-state index in [-0.39, 0.29) is 12.4 Å². The van der Waals surface area contributed by atoms with E-state index in [1.165, 1.54) is 11.8 Å². The summed E-state index contributed by atoms with van der Waals surface area (Å²) in [6, 6.07) is 0. The van der Waals surface area contributed by atoms with Gasteiger partial charge in [0.1, 0.15) is 5.52 Å². The van der Waals surface area contributed by atoms with Crippen molar-refractivity contribution in [3.8, 4) is 0 Å². The maximum absolute atomic E-state index is 5.91. The number of hydrogen-bond donors (Lipinski definition) is 0. The minimum atomic E-state index is 0. The fraction of sp³-hybridized carbons (Fsp3) is 0.286. The molecule has 2 aromatic rings. The van der Waals surface area contributed by atoms with Gasteiger partial charge in [0.2, 0.25) is 0 Å². The average molecular weight is 251 g/mol. The molecule has 0 saturated heterocycles. The molecule has 4 nitrogen and oxygen atoms in total. The van der Waals surface area contributed by atoms with E-state index in [2.05, 4.69) is 15.0 Å². The second-order valence-electron chi connectivity index (χ2n) is 2.53. The molecule has 0 saturated carbocycles. The van der Waals surface area contributed by atoms with Crippen LogP contribution in [-0.2, 0) is 7.05 Å². The van der Waals surface area contributed by atoms with E-state index in [1.54, 1.807) is 6.33 Å². The summed E-state index contributed by atoms with van der Waals surface area (Å²) in [5.41, 5.74) is 1.42. The Hall–Kier alpha value is -0.520. The Morgan fingerprint density at radius 3 is 2.79 bits per heavy atom. The minimum Gasteiger partial charge on any atom is -0.318 e. The lowest BCUT2D eigenvalue weighted by molar-refractivity contribution is 0.901. The van der Waals surface area contributed by atoms with Crippen molar-refractivity contribution < 1.29 is 0 Å². The maximum Gasteiger partial charge on any atom is 0.190 e. The SMILES string of the molecule is CSc1nc(Cl)c2ncn(C)c2n1.Cl. The number of hydrogen-bond acceptors (Lipinski definition) is 4. The van der Waals surface area contributed by atoms with E-state index in [9.17, 15) is 0 Å². The van der Waals surface area contributed by atoms with Crippen LogP contribution in [0.3, 0.4) is 0 Å². The molecule has 0 bridgehead atoms. The van der Waals surface area contributed by atoms with Gasteiger partial charge in [-0.2, -0.15) is 0 Å². The van der Waals surface area contributed by atoms with Crippen LogP contribution in [0.15, 0.2) is 11.5 Å². The molecule has 2 aromatic heterocycles. The number of halogens is 2. The topological polar surface area (TPSA) is 43.6 Å². The molecule has 0 aromatic carbocycles. The fourth-order valence-corrected chi connectivity index (χ4v) is 1.67. The summed E-state index contributed by atoms with van der Waals surface area (Å²) in [5.74, 6) is 0. The molecule has 0 unspecified atom stereocenters. The molecule has 0 N–H and O–H groups in total. The number of thioether (sulfide) groups is 1. The van der Waals surface area contributed by atoms with Crippen molar-refractivity contribution in [3.05, 3.63) is 11.5 Å². The van der Waals surface area contributed by atoms with Crippen LogP contribution >= 0.6 is 35.8 Å². The predicted octanol–water partition coefficient (Wildman–Crippen LogP) is 2.16. The summed E-state index contributed by atoms with van der Waals surface area (Å²) < 4.78 is 1.82. The molecule has 76 valence electrons. The van der Waals surface area contributed by atoms with E-state index >= 15 is 0 Å². The van der Waals surface area contributed by atoms with Crippen molar-refractivity contribution in [2.45, 2.75) is 5.16 Å². The lowest BCUT2D eigenvalue weighted by Crippen LogP contribution is -1.92. The zero-order valence-electron chi connectivity index (χ0n) is 7.56. The third-order valence-electron chi connectivity index (χ3n) is 1.68. The first-order valence-corrected chi connectivity index (χ1v) is 5.21. The molecule has 0 radical (unpaired) electrons. The summed E-state index contributed by atoms with van der Waals surface area (Å²) in [5, 5.41) is 1.08. The summed E-state index contributed by atoms with van der Waals surface area (Å²) in [6.07, 6.45) is 3.59. The quantitative estimate of drug-likeness (QED) is 0.442. The van der Waals surface area contributed by atoms with Gasteiger partial charge in [-0.25, -0.2) is 15.0 Å². The highest BCUT2D eigenvalue weighted by Gasteiger charge is 2.08. The molecular weight excluding hydrogens is 243 g/mol. The van der Waals surface area contributed by atoms with Gasteiger partial charge in [-0.05, 0) is 6.26 Å². The third kappa shape index (κ3) is 1.80. The lowest BCUT2D eigenvalue weighted by Gasteiger charge is -1.97. The Morgan fingerprint density at radius 1 is 1.43 bits per heavy atom. The minimum absolute atomic E-state index is 0. The first-order chi connectivity index (χ1) is 6.22. The third-order valence-corrected chi connectivity index (χ3v) is 2.49. The molecule has 0 aliphatic heterocycles. The number of aryl methyl sites for hydroxylation is 1. The van der Waals surface area contributed by atoms with Crippen molar-refractivity contribution in [1.82, 2.24) is 19.5 Å². The van der Waals surface area contributed by atoms with Crippen LogP contribution in [0, 0.1) is 0 Å². The van der Waals surface area contributed by atoms with Gasteiger partial charge in [-0.1, -0.05) is 23.4 Å². The molecule has 2 rings (SSSR count). The Kier molecular flexibility index (Phi) is 3.58. The zero-order chi connectivity index (χ0) is 9.42. The summed E-state index contributed by atoms with van der Waals surface area (Å²) in [4.78, 5) is 12.4. The Bertz CT molecular complexity index is 456. The highest BCUT2D eigenvalue weighted by molar-refractivity contribution is 7.98. The van der Waals surface area contributed by atoms with Crippen LogP contribution in [0.1, 0.15) is 0 Å². The van der Waals surface area contributed by atoms with E-state index in [1.807, 2.05) is 17.9 Å². The summed E-state index contributed by atoms with van der Waals surface area (Å²) in [6.45, 7) is 0. The first kappa shape index (κ1) is 11.6. The molecule has 0 fully saturated rings. The molecule has 7 heteroatoms. The molecule has 0 atom stereocenters. The van der Waals surface area contributed by atoms with Crippen molar-refractivity contribution >= 4 is 46.9 Å². The second-order valence-corrected chi connectivity index (χ2v) is 3.66. The Balaban J connectivity index is 0.000000980. The Morgan fingerprint density at radius 2 is 2.14 bits per heavy atom. The van der Waals surface area contributed by atoms with Gasteiger partial charge in [-0.15, -0.1) is 12.4 Å². The van der Waals surface area contributed by atoms with Gasteiger partial charge >= 0.3 is 0 Å². The van der Waals surface area contributed by atoms with Gasteiger partial charge in [-0.3, -0.25) is 0 Å². The molecule has 2 heterocycles. The molecular formula is C7H8Cl2N4S. The van der Waals surface area contributed by atoms with Gasteiger partial charge in [0, 0.05) is 7.05 Å². The monoisotopic (exact) mass is 250 g/mol. The van der Waals surface area contributed by atoms with Gasteiger partial charge < -0.3 is 4.57 Å². The smallest absolute Gasteiger partial charge is 0.190 e. The highest BCUT2D eigenvalue weighted by atomic mass is 35.5. The van der Waals surface area contributed by atoms with Crippen molar-refractivity contribution in [2.75, 3.05) is 6.26 Å². The normalized spacial score (nSPS) is 10.2. The summed E-state index contributed by atoms with van der Waals surface area (Å²) >= 11 is 7.38. The van der Waals surface area contributed by atoms with Crippen LogP contribution in [-0.4, -0.2) is 25.8 Å². The Labute approximate surface area is 96.5 Å².